The smallest absolute Gasteiger partial charge is 0.248 e. The maximum absolute atomic E-state index is 11.1. The number of ether oxygens (including phenoxy) is 3. The van der Waals surface area contributed by atoms with Gasteiger partial charge in [-0.1, -0.05) is 0 Å². The predicted molar refractivity (Wildman–Crippen MR) is 61.4 cm³/mol. The molecule has 1 aromatic rings. The number of carbonyl (C=O) groups excluding carboxylic acids is 1. The van der Waals surface area contributed by atoms with Crippen LogP contribution < -0.4 is 15.2 Å². The fraction of sp³-hybridized carbons (Fsp3) is 0.417. The minimum atomic E-state index is -0.486. The van der Waals surface area contributed by atoms with Gasteiger partial charge in [0.25, 0.3) is 0 Å². The van der Waals surface area contributed by atoms with Crippen LogP contribution in [0.3, 0.4) is 0 Å². The topological polar surface area (TPSA) is 70.8 Å². The molecule has 0 aromatic heterocycles. The molecule has 17 heavy (non-hydrogen) atoms. The summed E-state index contributed by atoms with van der Waals surface area (Å²) < 4.78 is 16.1. The highest BCUT2D eigenvalue weighted by molar-refractivity contribution is 5.93. The third-order valence-electron chi connectivity index (χ3n) is 2.63. The van der Waals surface area contributed by atoms with Crippen molar-refractivity contribution in [2.24, 2.45) is 5.73 Å². The number of hydrogen-bond acceptors (Lipinski definition) is 4. The maximum atomic E-state index is 11.1. The Morgan fingerprint density at radius 2 is 2.29 bits per heavy atom. The molecule has 1 heterocycles. The zero-order valence-corrected chi connectivity index (χ0v) is 9.64. The van der Waals surface area contributed by atoms with Crippen LogP contribution in [0.15, 0.2) is 18.2 Å². The van der Waals surface area contributed by atoms with E-state index in [4.69, 9.17) is 19.9 Å². The molecule has 1 aliphatic heterocycles. The van der Waals surface area contributed by atoms with Crippen molar-refractivity contribution < 1.29 is 19.0 Å². The fourth-order valence-electron chi connectivity index (χ4n) is 1.71. The van der Waals surface area contributed by atoms with Crippen molar-refractivity contribution in [3.05, 3.63) is 23.8 Å². The van der Waals surface area contributed by atoms with E-state index in [0.717, 1.165) is 6.42 Å². The summed E-state index contributed by atoms with van der Waals surface area (Å²) in [6.45, 7) is 1.26. The van der Waals surface area contributed by atoms with Crippen molar-refractivity contribution >= 4 is 5.91 Å². The molecule has 1 unspecified atom stereocenters. The van der Waals surface area contributed by atoms with Crippen LogP contribution in [0.5, 0.6) is 11.5 Å². The molecule has 0 saturated carbocycles. The summed E-state index contributed by atoms with van der Waals surface area (Å²) in [7, 11) is 1.55. The lowest BCUT2D eigenvalue weighted by Gasteiger charge is -2.15. The number of hydrogen-bond donors (Lipinski definition) is 1. The Balaban J connectivity index is 2.21. The molecule has 1 atom stereocenters. The van der Waals surface area contributed by atoms with Crippen molar-refractivity contribution in [2.75, 3.05) is 20.3 Å². The van der Waals surface area contributed by atoms with Gasteiger partial charge in [0, 0.05) is 12.0 Å². The first-order valence-corrected chi connectivity index (χ1v) is 5.43. The minimum absolute atomic E-state index is 0.00651. The van der Waals surface area contributed by atoms with E-state index < -0.39 is 5.91 Å². The molecule has 1 fully saturated rings. The Hall–Kier alpha value is -1.75. The number of methoxy groups -OCH3 is 1. The van der Waals surface area contributed by atoms with Crippen molar-refractivity contribution in [1.29, 1.82) is 0 Å². The summed E-state index contributed by atoms with van der Waals surface area (Å²) >= 11 is 0. The van der Waals surface area contributed by atoms with Gasteiger partial charge in [-0.25, -0.2) is 0 Å². The van der Waals surface area contributed by atoms with E-state index in [1.165, 1.54) is 0 Å². The summed E-state index contributed by atoms with van der Waals surface area (Å²) in [4.78, 5) is 11.1. The lowest BCUT2D eigenvalue weighted by Crippen LogP contribution is -2.17. The first-order chi connectivity index (χ1) is 8.20. The van der Waals surface area contributed by atoms with Crippen LogP contribution in [0.1, 0.15) is 16.8 Å². The summed E-state index contributed by atoms with van der Waals surface area (Å²) in [6, 6.07) is 4.88. The van der Waals surface area contributed by atoms with E-state index in [0.29, 0.717) is 30.3 Å². The van der Waals surface area contributed by atoms with Crippen LogP contribution in [-0.2, 0) is 4.74 Å². The SMILES string of the molecule is COc1ccc(C(N)=O)cc1OC1CCOC1. The summed E-state index contributed by atoms with van der Waals surface area (Å²) in [5.74, 6) is 0.626. The third kappa shape index (κ3) is 2.68. The second kappa shape index (κ2) is 5.05. The van der Waals surface area contributed by atoms with Gasteiger partial charge in [-0.2, -0.15) is 0 Å². The average Bonchev–Trinajstić information content (AvgIpc) is 2.81. The number of carbonyl (C=O) groups is 1. The van der Waals surface area contributed by atoms with Crippen molar-refractivity contribution in [1.82, 2.24) is 0 Å². The molecule has 0 bridgehead atoms. The molecule has 0 aliphatic carbocycles. The second-order valence-corrected chi connectivity index (χ2v) is 3.83. The highest BCUT2D eigenvalue weighted by atomic mass is 16.6. The van der Waals surface area contributed by atoms with Crippen LogP contribution >= 0.6 is 0 Å². The lowest BCUT2D eigenvalue weighted by atomic mass is 10.2. The van der Waals surface area contributed by atoms with Gasteiger partial charge in [-0.15, -0.1) is 0 Å². The number of rotatable bonds is 4. The largest absolute Gasteiger partial charge is 0.493 e. The van der Waals surface area contributed by atoms with E-state index in [2.05, 4.69) is 0 Å². The summed E-state index contributed by atoms with van der Waals surface area (Å²) in [5.41, 5.74) is 5.62. The second-order valence-electron chi connectivity index (χ2n) is 3.83. The van der Waals surface area contributed by atoms with E-state index in [-0.39, 0.29) is 6.10 Å². The fourth-order valence-corrected chi connectivity index (χ4v) is 1.71. The normalized spacial score (nSPS) is 19.0. The van der Waals surface area contributed by atoms with Gasteiger partial charge in [0.1, 0.15) is 6.10 Å². The quantitative estimate of drug-likeness (QED) is 0.846. The molecular formula is C12H15NO4. The van der Waals surface area contributed by atoms with Crippen molar-refractivity contribution in [3.63, 3.8) is 0 Å². The van der Waals surface area contributed by atoms with Crippen LogP contribution in [0.4, 0.5) is 0 Å². The van der Waals surface area contributed by atoms with E-state index in [1.807, 2.05) is 0 Å². The van der Waals surface area contributed by atoms with Crippen molar-refractivity contribution in [2.45, 2.75) is 12.5 Å². The van der Waals surface area contributed by atoms with E-state index >= 15 is 0 Å². The first kappa shape index (κ1) is 11.7. The van der Waals surface area contributed by atoms with Crippen LogP contribution in [0, 0.1) is 0 Å². The Labute approximate surface area is 99.5 Å². The maximum Gasteiger partial charge on any atom is 0.248 e. The standard InChI is InChI=1S/C12H15NO4/c1-15-10-3-2-8(12(13)14)6-11(10)17-9-4-5-16-7-9/h2-3,6,9H,4-5,7H2,1H3,(H2,13,14). The molecule has 5 heteroatoms. The molecule has 2 N–H and O–H groups in total. The Kier molecular flexibility index (Phi) is 3.49. The van der Waals surface area contributed by atoms with Gasteiger partial charge in [0.2, 0.25) is 5.91 Å². The highest BCUT2D eigenvalue weighted by Crippen LogP contribution is 2.30. The number of amides is 1. The molecule has 1 aromatic carbocycles. The molecular weight excluding hydrogens is 222 g/mol. The van der Waals surface area contributed by atoms with E-state index in [1.54, 1.807) is 25.3 Å². The van der Waals surface area contributed by atoms with Gasteiger partial charge in [-0.05, 0) is 18.2 Å². The minimum Gasteiger partial charge on any atom is -0.493 e. The van der Waals surface area contributed by atoms with Crippen LogP contribution in [0.2, 0.25) is 0 Å². The zero-order valence-electron chi connectivity index (χ0n) is 9.64. The molecule has 2 rings (SSSR count). The van der Waals surface area contributed by atoms with Gasteiger partial charge >= 0.3 is 0 Å². The van der Waals surface area contributed by atoms with Crippen LogP contribution in [-0.4, -0.2) is 32.3 Å². The average molecular weight is 237 g/mol. The summed E-state index contributed by atoms with van der Waals surface area (Å²) in [6.07, 6.45) is 0.844. The Morgan fingerprint density at radius 1 is 1.47 bits per heavy atom. The highest BCUT2D eigenvalue weighted by Gasteiger charge is 2.19. The Bertz CT molecular complexity index is 413. The van der Waals surface area contributed by atoms with Gasteiger partial charge < -0.3 is 19.9 Å². The molecule has 1 saturated heterocycles. The number of nitrogens with two attached hydrogens (primary N) is 1. The lowest BCUT2D eigenvalue weighted by molar-refractivity contribution is 0.0999. The number of primary amides is 1. The molecule has 1 amide bonds. The van der Waals surface area contributed by atoms with Gasteiger partial charge in [0.15, 0.2) is 11.5 Å². The zero-order chi connectivity index (χ0) is 12.3. The van der Waals surface area contributed by atoms with Gasteiger partial charge in [0.05, 0.1) is 20.3 Å². The number of benzene rings is 1. The van der Waals surface area contributed by atoms with Crippen molar-refractivity contribution in [3.8, 4) is 11.5 Å². The van der Waals surface area contributed by atoms with Crippen LogP contribution in [0.25, 0.3) is 0 Å². The molecule has 1 aliphatic rings. The first-order valence-electron chi connectivity index (χ1n) is 5.43. The van der Waals surface area contributed by atoms with Gasteiger partial charge in [-0.3, -0.25) is 4.79 Å². The Morgan fingerprint density at radius 3 is 2.88 bits per heavy atom. The molecule has 92 valence electrons. The third-order valence-corrected chi connectivity index (χ3v) is 2.63. The molecule has 0 radical (unpaired) electrons. The molecule has 0 spiro atoms. The summed E-state index contributed by atoms with van der Waals surface area (Å²) in [5, 5.41) is 0. The molecule has 5 nitrogen and oxygen atoms in total. The van der Waals surface area contributed by atoms with E-state index in [9.17, 15) is 4.79 Å². The predicted octanol–water partition coefficient (Wildman–Crippen LogP) is 0.962. The monoisotopic (exact) mass is 237 g/mol.